The van der Waals surface area contributed by atoms with E-state index in [2.05, 4.69) is 15.3 Å². The highest BCUT2D eigenvalue weighted by atomic mass is 19.4. The van der Waals surface area contributed by atoms with Gasteiger partial charge in [-0.3, -0.25) is 9.78 Å². The molecule has 4 N–H and O–H groups in total. The van der Waals surface area contributed by atoms with Crippen LogP contribution in [0.1, 0.15) is 42.6 Å². The summed E-state index contributed by atoms with van der Waals surface area (Å²) in [6.07, 6.45) is -1.26. The van der Waals surface area contributed by atoms with Gasteiger partial charge < -0.3 is 20.9 Å². The summed E-state index contributed by atoms with van der Waals surface area (Å²) in [5.41, 5.74) is 9.49. The average Bonchev–Trinajstić information content (AvgIpc) is 3.34. The number of benzene rings is 1. The summed E-state index contributed by atoms with van der Waals surface area (Å²) in [6, 6.07) is 3.79. The van der Waals surface area contributed by atoms with E-state index in [9.17, 15) is 18.0 Å². The number of aryl methyl sites for hydroxylation is 1. The molecular weight excluding hydrogens is 433 g/mol. The summed E-state index contributed by atoms with van der Waals surface area (Å²) in [5.74, 6) is -0.341. The number of carbonyl (C=O) groups is 1. The highest BCUT2D eigenvalue weighted by Gasteiger charge is 2.40. The van der Waals surface area contributed by atoms with Gasteiger partial charge in [-0.05, 0) is 38.3 Å². The molecule has 1 fully saturated rings. The van der Waals surface area contributed by atoms with Gasteiger partial charge in [0, 0.05) is 31.0 Å². The number of halogens is 3. The number of anilines is 1. The summed E-state index contributed by atoms with van der Waals surface area (Å²) < 4.78 is 40.0. The number of nitrogens with one attached hydrogen (secondary N) is 2. The number of rotatable bonds is 5. The largest absolute Gasteiger partial charge is 0.408 e. The number of aromatic amines is 1. The molecule has 0 spiro atoms. The van der Waals surface area contributed by atoms with Crippen LogP contribution in [0.5, 0.6) is 0 Å². The lowest BCUT2D eigenvalue weighted by Gasteiger charge is -2.27. The number of nitrogens with two attached hydrogens (primary N) is 1. The number of nitrogens with zero attached hydrogens (tertiary/aromatic N) is 3. The summed E-state index contributed by atoms with van der Waals surface area (Å²) in [4.78, 5) is 27.1. The fourth-order valence-electron chi connectivity index (χ4n) is 4.26. The van der Waals surface area contributed by atoms with Crippen molar-refractivity contribution in [2.75, 3.05) is 18.0 Å². The molecule has 176 valence electrons. The predicted octanol–water partition coefficient (Wildman–Crippen LogP) is 3.93. The van der Waals surface area contributed by atoms with E-state index >= 15 is 0 Å². The molecule has 2 atom stereocenters. The number of amides is 1. The number of imidazole rings is 1. The van der Waals surface area contributed by atoms with Gasteiger partial charge >= 0.3 is 6.18 Å². The second kappa shape index (κ2) is 8.33. The number of carbonyl (C=O) groups excluding carboxylic acids is 1. The maximum Gasteiger partial charge on any atom is 0.408 e. The van der Waals surface area contributed by atoms with Crippen molar-refractivity contribution in [3.63, 3.8) is 0 Å². The van der Waals surface area contributed by atoms with Crippen molar-refractivity contribution >= 4 is 22.6 Å². The first-order valence-electron chi connectivity index (χ1n) is 10.9. The minimum Gasteiger partial charge on any atom is -0.368 e. The van der Waals surface area contributed by atoms with E-state index in [1.165, 1.54) is 13.1 Å². The third-order valence-electron chi connectivity index (χ3n) is 6.06. The second-order valence-electron chi connectivity index (χ2n) is 8.94. The first-order valence-corrected chi connectivity index (χ1v) is 10.9. The van der Waals surface area contributed by atoms with Crippen molar-refractivity contribution in [1.29, 1.82) is 0 Å². The quantitative estimate of drug-likeness (QED) is 0.536. The Labute approximate surface area is 189 Å². The zero-order valence-corrected chi connectivity index (χ0v) is 18.8. The third-order valence-corrected chi connectivity index (χ3v) is 6.06. The van der Waals surface area contributed by atoms with Crippen molar-refractivity contribution in [2.45, 2.75) is 51.4 Å². The van der Waals surface area contributed by atoms with Crippen LogP contribution >= 0.6 is 0 Å². The lowest BCUT2D eigenvalue weighted by Crippen LogP contribution is -2.45. The first-order chi connectivity index (χ1) is 15.5. The van der Waals surface area contributed by atoms with Crippen molar-refractivity contribution in [3.05, 3.63) is 41.7 Å². The van der Waals surface area contributed by atoms with E-state index < -0.39 is 23.7 Å². The van der Waals surface area contributed by atoms with E-state index in [0.29, 0.717) is 36.6 Å². The number of hydrogen-bond acceptors (Lipinski definition) is 5. The summed E-state index contributed by atoms with van der Waals surface area (Å²) in [7, 11) is 0. The molecule has 33 heavy (non-hydrogen) atoms. The summed E-state index contributed by atoms with van der Waals surface area (Å²) in [5, 5.41) is 2.13. The number of hydrogen-bond donors (Lipinski definition) is 3. The molecule has 0 saturated carbocycles. The number of H-pyrrole nitrogens is 1. The van der Waals surface area contributed by atoms with Gasteiger partial charge in [-0.15, -0.1) is 0 Å². The number of aromatic nitrogens is 3. The highest BCUT2D eigenvalue weighted by Crippen LogP contribution is 2.37. The topological polar surface area (TPSA) is 99.9 Å². The standard InChI is InChI=1S/C23H27F3N6O/c1-4-17(23(24,25)26)30-21(33)15-11-28-10-14(19(15)32-9-8-22(3,27)12-32)20-29-16-7-5-6-13(2)18(16)31-20/h5-7,10-11,17H,4,8-9,12,27H2,1-3H3,(H,29,31)(H,30,33)/t17-,22-/m0/s1. The van der Waals surface area contributed by atoms with Crippen LogP contribution in [0.3, 0.4) is 0 Å². The van der Waals surface area contributed by atoms with Crippen LogP contribution in [0.4, 0.5) is 18.9 Å². The molecule has 0 aliphatic carbocycles. The Bertz CT molecular complexity index is 1190. The number of pyridine rings is 1. The van der Waals surface area contributed by atoms with Gasteiger partial charge in [0.05, 0.1) is 27.8 Å². The molecule has 1 amide bonds. The Morgan fingerprint density at radius 3 is 2.73 bits per heavy atom. The molecule has 4 rings (SSSR count). The van der Waals surface area contributed by atoms with Gasteiger partial charge in [-0.25, -0.2) is 4.98 Å². The molecule has 7 nitrogen and oxygen atoms in total. The van der Waals surface area contributed by atoms with Crippen LogP contribution < -0.4 is 16.0 Å². The van der Waals surface area contributed by atoms with Crippen LogP contribution in [0.2, 0.25) is 0 Å². The lowest BCUT2D eigenvalue weighted by atomic mass is 10.0. The van der Waals surface area contributed by atoms with E-state index in [1.54, 1.807) is 6.20 Å². The number of fused-ring (bicyclic) bond motifs is 1. The summed E-state index contributed by atoms with van der Waals surface area (Å²) >= 11 is 0. The molecule has 1 aliphatic heterocycles. The molecule has 0 radical (unpaired) electrons. The maximum absolute atomic E-state index is 13.3. The lowest BCUT2D eigenvalue weighted by molar-refractivity contribution is -0.153. The SMILES string of the molecule is CC[C@H](NC(=O)c1cncc(-c2nc3c(C)cccc3[nH]2)c1N1CC[C@](C)(N)C1)C(F)(F)F. The monoisotopic (exact) mass is 460 g/mol. The third kappa shape index (κ3) is 4.52. The molecular formula is C23H27F3N6O. The molecule has 1 saturated heterocycles. The molecule has 10 heteroatoms. The number of alkyl halides is 3. The Morgan fingerprint density at radius 2 is 2.12 bits per heavy atom. The van der Waals surface area contributed by atoms with Crippen molar-refractivity contribution < 1.29 is 18.0 Å². The minimum atomic E-state index is -4.55. The molecule has 0 unspecified atom stereocenters. The minimum absolute atomic E-state index is 0.0603. The molecule has 1 aliphatic rings. The Hall–Kier alpha value is -3.14. The van der Waals surface area contributed by atoms with Gasteiger partial charge in [0.15, 0.2) is 0 Å². The molecule has 2 aromatic heterocycles. The van der Waals surface area contributed by atoms with Crippen molar-refractivity contribution in [2.24, 2.45) is 5.73 Å². The zero-order valence-electron chi connectivity index (χ0n) is 18.8. The van der Waals surface area contributed by atoms with E-state index in [4.69, 9.17) is 10.7 Å². The van der Waals surface area contributed by atoms with Gasteiger partial charge in [-0.1, -0.05) is 19.1 Å². The van der Waals surface area contributed by atoms with Crippen molar-refractivity contribution in [3.8, 4) is 11.4 Å². The molecule has 3 aromatic rings. The van der Waals surface area contributed by atoms with Gasteiger partial charge in [-0.2, -0.15) is 13.2 Å². The van der Waals surface area contributed by atoms with E-state index in [-0.39, 0.29) is 12.0 Å². The van der Waals surface area contributed by atoms with Crippen molar-refractivity contribution in [1.82, 2.24) is 20.3 Å². The molecule has 3 heterocycles. The first kappa shape index (κ1) is 23.0. The number of para-hydroxylation sites is 1. The Kier molecular flexibility index (Phi) is 5.81. The van der Waals surface area contributed by atoms with Gasteiger partial charge in [0.1, 0.15) is 11.9 Å². The van der Waals surface area contributed by atoms with Crippen LogP contribution in [0.15, 0.2) is 30.6 Å². The van der Waals surface area contributed by atoms with E-state index in [0.717, 1.165) is 16.6 Å². The Morgan fingerprint density at radius 1 is 1.36 bits per heavy atom. The van der Waals surface area contributed by atoms with Gasteiger partial charge in [0.2, 0.25) is 0 Å². The van der Waals surface area contributed by atoms with E-state index in [1.807, 2.05) is 36.9 Å². The van der Waals surface area contributed by atoms with Gasteiger partial charge in [0.25, 0.3) is 5.91 Å². The second-order valence-corrected chi connectivity index (χ2v) is 8.94. The van der Waals surface area contributed by atoms with Crippen LogP contribution in [-0.4, -0.2) is 51.7 Å². The maximum atomic E-state index is 13.3. The highest BCUT2D eigenvalue weighted by molar-refractivity contribution is 6.03. The zero-order chi connectivity index (χ0) is 24.0. The smallest absolute Gasteiger partial charge is 0.368 e. The summed E-state index contributed by atoms with van der Waals surface area (Å²) in [6.45, 7) is 6.23. The van der Waals surface area contributed by atoms with Crippen LogP contribution in [0.25, 0.3) is 22.4 Å². The Balaban J connectivity index is 1.83. The predicted molar refractivity (Wildman–Crippen MR) is 121 cm³/mol. The average molecular weight is 461 g/mol. The fraction of sp³-hybridized carbons (Fsp3) is 0.435. The molecule has 1 aromatic carbocycles. The van der Waals surface area contributed by atoms with Crippen LogP contribution in [0, 0.1) is 6.92 Å². The fourth-order valence-corrected chi connectivity index (χ4v) is 4.26. The normalized spacial score (nSPS) is 19.8. The molecule has 0 bridgehead atoms. The van der Waals surface area contributed by atoms with Crippen LogP contribution in [-0.2, 0) is 0 Å².